The minimum Gasteiger partial charge on any atom is -0.490 e. The Morgan fingerprint density at radius 3 is 2.59 bits per heavy atom. The average Bonchev–Trinajstić information content (AvgIpc) is 2.74. The molecule has 2 N–H and O–H groups in total. The number of anilines is 1. The highest BCUT2D eigenvalue weighted by atomic mass is 32.2. The highest BCUT2D eigenvalue weighted by Gasteiger charge is 2.30. The maximum atomic E-state index is 13.8. The Labute approximate surface area is 204 Å². The van der Waals surface area contributed by atoms with Gasteiger partial charge in [0.15, 0.2) is 0 Å². The van der Waals surface area contributed by atoms with Gasteiger partial charge in [-0.2, -0.15) is 0 Å². The number of hydrogen-bond donors (Lipinski definition) is 2. The third kappa shape index (κ3) is 8.72. The molecule has 0 aliphatic carbocycles. The van der Waals surface area contributed by atoms with Crippen LogP contribution in [0.3, 0.4) is 0 Å². The number of benzene rings is 1. The largest absolute Gasteiger partial charge is 0.490 e. The van der Waals surface area contributed by atoms with Crippen molar-refractivity contribution >= 4 is 21.6 Å². The molecule has 0 saturated heterocycles. The molecule has 1 aliphatic rings. The number of carbonyl (C=O) groups excluding carboxylic acids is 1. The molecule has 0 spiro atoms. The van der Waals surface area contributed by atoms with Gasteiger partial charge in [0.1, 0.15) is 5.75 Å². The van der Waals surface area contributed by atoms with Crippen LogP contribution in [0.15, 0.2) is 18.2 Å². The number of fused-ring (bicyclic) bond motifs is 1. The van der Waals surface area contributed by atoms with E-state index in [0.29, 0.717) is 18.9 Å². The Balaban J connectivity index is 2.51. The number of nitrogens with zero attached hydrogens (tertiary/aromatic N) is 2. The molecule has 1 heterocycles. The zero-order valence-corrected chi connectivity index (χ0v) is 22.1. The lowest BCUT2D eigenvalue weighted by Gasteiger charge is -2.35. The molecule has 194 valence electrons. The summed E-state index contributed by atoms with van der Waals surface area (Å²) in [7, 11) is 0.465. The third-order valence-electron chi connectivity index (χ3n) is 5.90. The van der Waals surface area contributed by atoms with Gasteiger partial charge in [-0.3, -0.25) is 9.52 Å². The van der Waals surface area contributed by atoms with E-state index >= 15 is 0 Å². The van der Waals surface area contributed by atoms with Crippen molar-refractivity contribution in [3.8, 4) is 5.75 Å². The van der Waals surface area contributed by atoms with Crippen molar-refractivity contribution in [1.29, 1.82) is 0 Å². The van der Waals surface area contributed by atoms with Gasteiger partial charge in [0, 0.05) is 31.3 Å². The van der Waals surface area contributed by atoms with Crippen molar-refractivity contribution in [2.24, 2.45) is 5.92 Å². The standard InChI is InChI=1S/C24H41N3O6S/c1-17-14-27(18(2)16-28)24(29)21-13-20(25-34(6,30)31)10-11-22(21)33-19(3)9-7-8-12-32-23(17)15-26(4)5/h10-11,13,17-19,23,25,28H,7-9,12,14-16H2,1-6H3/t17-,18-,19+,23-/m0/s1. The number of aliphatic hydroxyl groups is 1. The van der Waals surface area contributed by atoms with Crippen LogP contribution in [0.25, 0.3) is 0 Å². The minimum absolute atomic E-state index is 0.00362. The summed E-state index contributed by atoms with van der Waals surface area (Å²) < 4.78 is 38.3. The number of sulfonamides is 1. The van der Waals surface area contributed by atoms with E-state index in [-0.39, 0.29) is 41.9 Å². The lowest BCUT2D eigenvalue weighted by molar-refractivity contribution is -0.0137. The van der Waals surface area contributed by atoms with Gasteiger partial charge in [-0.1, -0.05) is 6.92 Å². The molecule has 1 aromatic carbocycles. The molecule has 0 radical (unpaired) electrons. The monoisotopic (exact) mass is 499 g/mol. The van der Waals surface area contributed by atoms with E-state index in [9.17, 15) is 18.3 Å². The third-order valence-corrected chi connectivity index (χ3v) is 6.51. The lowest BCUT2D eigenvalue weighted by Crippen LogP contribution is -2.47. The second-order valence-electron chi connectivity index (χ2n) is 9.65. The van der Waals surface area contributed by atoms with E-state index in [4.69, 9.17) is 9.47 Å². The Hall–Kier alpha value is -1.88. The van der Waals surface area contributed by atoms with Gasteiger partial charge in [0.2, 0.25) is 10.0 Å². The molecule has 1 aliphatic heterocycles. The summed E-state index contributed by atoms with van der Waals surface area (Å²) in [5.41, 5.74) is 0.542. The fraction of sp³-hybridized carbons (Fsp3) is 0.708. The molecule has 10 heteroatoms. The van der Waals surface area contributed by atoms with E-state index < -0.39 is 16.1 Å². The number of ether oxygens (including phenoxy) is 2. The van der Waals surface area contributed by atoms with Crippen LogP contribution in [0.4, 0.5) is 5.69 Å². The van der Waals surface area contributed by atoms with Gasteiger partial charge in [-0.25, -0.2) is 8.42 Å². The minimum atomic E-state index is -3.52. The van der Waals surface area contributed by atoms with Crippen molar-refractivity contribution in [3.05, 3.63) is 23.8 Å². The topological polar surface area (TPSA) is 108 Å². The number of aliphatic hydroxyl groups excluding tert-OH is 1. The smallest absolute Gasteiger partial charge is 0.258 e. The molecule has 9 nitrogen and oxygen atoms in total. The second-order valence-corrected chi connectivity index (χ2v) is 11.4. The number of hydrogen-bond acceptors (Lipinski definition) is 7. The zero-order chi connectivity index (χ0) is 25.5. The molecular weight excluding hydrogens is 458 g/mol. The van der Waals surface area contributed by atoms with Crippen molar-refractivity contribution in [2.75, 3.05) is 51.4 Å². The summed E-state index contributed by atoms with van der Waals surface area (Å²) in [6.45, 7) is 7.31. The Morgan fingerprint density at radius 2 is 1.97 bits per heavy atom. The molecular formula is C24H41N3O6S. The maximum absolute atomic E-state index is 13.8. The predicted molar refractivity (Wildman–Crippen MR) is 134 cm³/mol. The first-order valence-corrected chi connectivity index (χ1v) is 13.8. The van der Waals surface area contributed by atoms with Crippen LogP contribution in [-0.4, -0.2) is 94.1 Å². The highest BCUT2D eigenvalue weighted by molar-refractivity contribution is 7.92. The van der Waals surface area contributed by atoms with Crippen LogP contribution < -0.4 is 9.46 Å². The van der Waals surface area contributed by atoms with Gasteiger partial charge in [0.25, 0.3) is 5.91 Å². The van der Waals surface area contributed by atoms with Gasteiger partial charge in [0.05, 0.1) is 36.7 Å². The van der Waals surface area contributed by atoms with E-state index in [2.05, 4.69) is 9.62 Å². The fourth-order valence-electron chi connectivity index (χ4n) is 4.02. The van der Waals surface area contributed by atoms with Gasteiger partial charge < -0.3 is 24.4 Å². The van der Waals surface area contributed by atoms with Gasteiger partial charge in [-0.15, -0.1) is 0 Å². The number of amides is 1. The Morgan fingerprint density at radius 1 is 1.26 bits per heavy atom. The molecule has 0 aromatic heterocycles. The fourth-order valence-corrected chi connectivity index (χ4v) is 4.58. The lowest BCUT2D eigenvalue weighted by atomic mass is 10.0. The second kappa shape index (κ2) is 12.7. The summed E-state index contributed by atoms with van der Waals surface area (Å²) in [6, 6.07) is 4.28. The highest BCUT2D eigenvalue weighted by Crippen LogP contribution is 2.28. The summed E-state index contributed by atoms with van der Waals surface area (Å²) in [4.78, 5) is 17.5. The van der Waals surface area contributed by atoms with E-state index in [1.165, 1.54) is 6.07 Å². The number of carbonyl (C=O) groups is 1. The SMILES string of the molecule is C[C@@H]1CCCCO[C@@H](CN(C)C)[C@@H](C)CN([C@@H](C)CO)C(=O)c2cc(NS(C)(=O)=O)ccc2O1. The number of rotatable bonds is 6. The zero-order valence-electron chi connectivity index (χ0n) is 21.3. The predicted octanol–water partition coefficient (Wildman–Crippen LogP) is 2.42. The summed E-state index contributed by atoms with van der Waals surface area (Å²) in [5, 5.41) is 9.91. The average molecular weight is 500 g/mol. The molecule has 0 saturated carbocycles. The van der Waals surface area contributed by atoms with Crippen molar-refractivity contribution in [3.63, 3.8) is 0 Å². The summed E-state index contributed by atoms with van der Waals surface area (Å²) in [6.07, 6.45) is 3.48. The normalized spacial score (nSPS) is 24.2. The van der Waals surface area contributed by atoms with Crippen LogP contribution >= 0.6 is 0 Å². The molecule has 34 heavy (non-hydrogen) atoms. The number of nitrogens with one attached hydrogen (secondary N) is 1. The van der Waals surface area contributed by atoms with E-state index in [1.807, 2.05) is 27.9 Å². The van der Waals surface area contributed by atoms with Crippen LogP contribution in [0.2, 0.25) is 0 Å². The van der Waals surface area contributed by atoms with Crippen LogP contribution in [0.5, 0.6) is 5.75 Å². The van der Waals surface area contributed by atoms with E-state index in [1.54, 1.807) is 24.0 Å². The van der Waals surface area contributed by atoms with Crippen LogP contribution in [0, 0.1) is 5.92 Å². The van der Waals surface area contributed by atoms with Crippen LogP contribution in [-0.2, 0) is 14.8 Å². The Kier molecular flexibility index (Phi) is 10.6. The maximum Gasteiger partial charge on any atom is 0.258 e. The Bertz CT molecular complexity index is 908. The summed E-state index contributed by atoms with van der Waals surface area (Å²) >= 11 is 0. The molecule has 4 atom stereocenters. The first-order valence-electron chi connectivity index (χ1n) is 11.9. The molecule has 2 rings (SSSR count). The molecule has 1 amide bonds. The number of likely N-dealkylation sites (N-methyl/N-ethyl adjacent to an activating group) is 1. The first-order chi connectivity index (χ1) is 15.9. The van der Waals surface area contributed by atoms with Gasteiger partial charge in [-0.05, 0) is 65.4 Å². The van der Waals surface area contributed by atoms with Gasteiger partial charge >= 0.3 is 0 Å². The summed E-state index contributed by atoms with van der Waals surface area (Å²) in [5.74, 6) is 0.0785. The quantitative estimate of drug-likeness (QED) is 0.619. The van der Waals surface area contributed by atoms with Crippen molar-refractivity contribution < 1.29 is 27.8 Å². The molecule has 0 unspecified atom stereocenters. The molecule has 1 aromatic rings. The van der Waals surface area contributed by atoms with E-state index in [0.717, 1.165) is 32.1 Å². The molecule has 0 fully saturated rings. The van der Waals surface area contributed by atoms with Crippen molar-refractivity contribution in [1.82, 2.24) is 9.80 Å². The van der Waals surface area contributed by atoms with Crippen molar-refractivity contribution in [2.45, 2.75) is 58.3 Å². The first kappa shape index (κ1) is 28.4. The molecule has 0 bridgehead atoms. The van der Waals surface area contributed by atoms with Crippen LogP contribution in [0.1, 0.15) is 50.4 Å².